The van der Waals surface area contributed by atoms with E-state index in [1.54, 1.807) is 11.8 Å². The molecule has 0 heterocycles. The Bertz CT molecular complexity index is 535. The van der Waals surface area contributed by atoms with Gasteiger partial charge < -0.3 is 5.32 Å². The van der Waals surface area contributed by atoms with Crippen LogP contribution in [0.2, 0.25) is 0 Å². The standard InChI is InChI=1S/C18H27N3S/c1-6-13-22-15(5)20-21-17(8-3)16-11-9-10-12-18(16)19-14(4)7-2/h8-12,14,19H,5-7,13H2,1-4H3. The molecule has 3 nitrogen and oxygen atoms in total. The van der Waals surface area contributed by atoms with Gasteiger partial charge in [-0.2, -0.15) is 0 Å². The normalized spacial score (nSPS) is 13.4. The first-order valence-electron chi connectivity index (χ1n) is 7.88. The molecular formula is C18H27N3S. The zero-order chi connectivity index (χ0) is 16.4. The predicted molar refractivity (Wildman–Crippen MR) is 100 cm³/mol. The van der Waals surface area contributed by atoms with E-state index in [4.69, 9.17) is 0 Å². The SMILES string of the molecule is C=C(N=NC(=CC)c1ccccc1NC(C)CC)SCCC. The van der Waals surface area contributed by atoms with E-state index in [0.717, 1.165) is 40.6 Å². The fourth-order valence-corrected chi connectivity index (χ4v) is 2.36. The van der Waals surface area contributed by atoms with Gasteiger partial charge in [0.25, 0.3) is 0 Å². The second kappa shape index (κ2) is 10.2. The van der Waals surface area contributed by atoms with Gasteiger partial charge in [0.2, 0.25) is 0 Å². The highest BCUT2D eigenvalue weighted by Crippen LogP contribution is 2.27. The summed E-state index contributed by atoms with van der Waals surface area (Å²) in [6.45, 7) is 12.4. The lowest BCUT2D eigenvalue weighted by Gasteiger charge is -2.16. The quantitative estimate of drug-likeness (QED) is 0.541. The molecule has 0 spiro atoms. The largest absolute Gasteiger partial charge is 0.382 e. The molecule has 120 valence electrons. The molecule has 1 unspecified atom stereocenters. The van der Waals surface area contributed by atoms with Crippen molar-refractivity contribution in [2.45, 2.75) is 46.6 Å². The number of azo groups is 1. The average molecular weight is 318 g/mol. The van der Waals surface area contributed by atoms with Crippen molar-refractivity contribution >= 4 is 23.1 Å². The third kappa shape index (κ3) is 6.06. The van der Waals surface area contributed by atoms with Gasteiger partial charge in [0, 0.05) is 17.3 Å². The monoisotopic (exact) mass is 317 g/mol. The maximum absolute atomic E-state index is 4.38. The molecule has 1 atom stereocenters. The topological polar surface area (TPSA) is 36.8 Å². The van der Waals surface area contributed by atoms with Crippen LogP contribution >= 0.6 is 11.8 Å². The lowest BCUT2D eigenvalue weighted by molar-refractivity contribution is 0.763. The van der Waals surface area contributed by atoms with E-state index in [2.05, 4.69) is 55.0 Å². The van der Waals surface area contributed by atoms with Crippen LogP contribution in [0.25, 0.3) is 5.70 Å². The summed E-state index contributed by atoms with van der Waals surface area (Å²) in [6.07, 6.45) is 4.17. The Balaban J connectivity index is 2.91. The highest BCUT2D eigenvalue weighted by atomic mass is 32.2. The maximum atomic E-state index is 4.38. The van der Waals surface area contributed by atoms with E-state index >= 15 is 0 Å². The molecule has 1 aromatic carbocycles. The van der Waals surface area contributed by atoms with Gasteiger partial charge in [-0.05, 0) is 38.5 Å². The number of benzene rings is 1. The molecule has 0 amide bonds. The first-order chi connectivity index (χ1) is 10.6. The Morgan fingerprint density at radius 2 is 2.05 bits per heavy atom. The Hall–Kier alpha value is -1.55. The first kappa shape index (κ1) is 18.5. The summed E-state index contributed by atoms with van der Waals surface area (Å²) in [4.78, 5) is 0. The molecule has 1 aromatic rings. The van der Waals surface area contributed by atoms with Crippen LogP contribution in [-0.2, 0) is 0 Å². The van der Waals surface area contributed by atoms with Crippen LogP contribution in [0.15, 0.2) is 52.2 Å². The highest BCUT2D eigenvalue weighted by molar-refractivity contribution is 8.03. The van der Waals surface area contributed by atoms with Crippen molar-refractivity contribution in [2.75, 3.05) is 11.1 Å². The molecule has 0 saturated carbocycles. The number of thioether (sulfide) groups is 1. The summed E-state index contributed by atoms with van der Waals surface area (Å²) in [7, 11) is 0. The van der Waals surface area contributed by atoms with Gasteiger partial charge in [-0.25, -0.2) is 0 Å². The van der Waals surface area contributed by atoms with Crippen molar-refractivity contribution in [2.24, 2.45) is 10.2 Å². The lowest BCUT2D eigenvalue weighted by atomic mass is 10.1. The van der Waals surface area contributed by atoms with E-state index in [0.29, 0.717) is 6.04 Å². The van der Waals surface area contributed by atoms with Gasteiger partial charge >= 0.3 is 0 Å². The van der Waals surface area contributed by atoms with Crippen molar-refractivity contribution in [3.63, 3.8) is 0 Å². The fraction of sp³-hybridized carbons (Fsp3) is 0.444. The van der Waals surface area contributed by atoms with Crippen LogP contribution in [-0.4, -0.2) is 11.8 Å². The summed E-state index contributed by atoms with van der Waals surface area (Å²) >= 11 is 1.64. The maximum Gasteiger partial charge on any atom is 0.112 e. The van der Waals surface area contributed by atoms with Crippen molar-refractivity contribution in [1.29, 1.82) is 0 Å². The van der Waals surface area contributed by atoms with Gasteiger partial charge in [-0.3, -0.25) is 0 Å². The van der Waals surface area contributed by atoms with E-state index in [-0.39, 0.29) is 0 Å². The molecule has 0 aromatic heterocycles. The minimum absolute atomic E-state index is 0.422. The van der Waals surface area contributed by atoms with Crippen LogP contribution in [0.3, 0.4) is 0 Å². The van der Waals surface area contributed by atoms with Gasteiger partial charge in [-0.1, -0.05) is 44.7 Å². The van der Waals surface area contributed by atoms with E-state index < -0.39 is 0 Å². The number of nitrogens with zero attached hydrogens (tertiary/aromatic N) is 2. The fourth-order valence-electron chi connectivity index (χ4n) is 1.83. The molecule has 1 N–H and O–H groups in total. The summed E-state index contributed by atoms with van der Waals surface area (Å²) < 4.78 is 0. The Labute approximate surface area is 139 Å². The zero-order valence-electron chi connectivity index (χ0n) is 14.1. The molecule has 0 saturated heterocycles. The molecule has 0 aliphatic carbocycles. The van der Waals surface area contributed by atoms with Crippen LogP contribution in [0.5, 0.6) is 0 Å². The minimum atomic E-state index is 0.422. The van der Waals surface area contributed by atoms with E-state index in [1.807, 2.05) is 25.1 Å². The molecule has 0 aliphatic heterocycles. The minimum Gasteiger partial charge on any atom is -0.382 e. The third-order valence-corrected chi connectivity index (χ3v) is 4.26. The smallest absolute Gasteiger partial charge is 0.112 e. The predicted octanol–water partition coefficient (Wildman–Crippen LogP) is 6.32. The number of hydrogen-bond donors (Lipinski definition) is 1. The number of hydrogen-bond acceptors (Lipinski definition) is 4. The summed E-state index contributed by atoms with van der Waals surface area (Å²) in [5, 5.41) is 12.9. The molecule has 0 aliphatic rings. The van der Waals surface area contributed by atoms with Crippen molar-refractivity contribution in [1.82, 2.24) is 0 Å². The van der Waals surface area contributed by atoms with Gasteiger partial charge in [0.05, 0.1) is 5.70 Å². The van der Waals surface area contributed by atoms with Gasteiger partial charge in [0.1, 0.15) is 5.03 Å². The van der Waals surface area contributed by atoms with Crippen molar-refractivity contribution < 1.29 is 0 Å². The molecule has 0 fully saturated rings. The highest BCUT2D eigenvalue weighted by Gasteiger charge is 2.08. The lowest BCUT2D eigenvalue weighted by Crippen LogP contribution is -2.14. The Morgan fingerprint density at radius 1 is 1.32 bits per heavy atom. The van der Waals surface area contributed by atoms with Gasteiger partial charge in [0.15, 0.2) is 0 Å². The molecule has 4 heteroatoms. The van der Waals surface area contributed by atoms with E-state index in [1.165, 1.54) is 0 Å². The summed E-state index contributed by atoms with van der Waals surface area (Å²) in [6, 6.07) is 8.64. The first-order valence-corrected chi connectivity index (χ1v) is 8.86. The van der Waals surface area contributed by atoms with E-state index in [9.17, 15) is 0 Å². The molecule has 0 radical (unpaired) electrons. The third-order valence-electron chi connectivity index (χ3n) is 3.23. The number of allylic oxidation sites excluding steroid dienone is 1. The average Bonchev–Trinajstić information content (AvgIpc) is 2.54. The number of rotatable bonds is 9. The van der Waals surface area contributed by atoms with Gasteiger partial charge in [-0.15, -0.1) is 22.0 Å². The molecule has 1 rings (SSSR count). The second-order valence-electron chi connectivity index (χ2n) is 5.12. The molecular weight excluding hydrogens is 290 g/mol. The molecule has 22 heavy (non-hydrogen) atoms. The second-order valence-corrected chi connectivity index (χ2v) is 6.28. The zero-order valence-corrected chi connectivity index (χ0v) is 14.9. The van der Waals surface area contributed by atoms with Crippen LogP contribution in [0.4, 0.5) is 5.69 Å². The van der Waals surface area contributed by atoms with Crippen molar-refractivity contribution in [3.05, 3.63) is 47.5 Å². The Morgan fingerprint density at radius 3 is 2.68 bits per heavy atom. The number of nitrogens with one attached hydrogen (secondary N) is 1. The molecule has 0 bridgehead atoms. The summed E-state index contributed by atoms with van der Waals surface area (Å²) in [5.41, 5.74) is 3.03. The van der Waals surface area contributed by atoms with Crippen LogP contribution in [0, 0.1) is 0 Å². The Kier molecular flexibility index (Phi) is 8.60. The number of anilines is 1. The summed E-state index contributed by atoms with van der Waals surface area (Å²) in [5.74, 6) is 1.02. The van der Waals surface area contributed by atoms with Crippen LogP contribution in [0.1, 0.15) is 46.1 Å². The number of para-hydroxylation sites is 1. The van der Waals surface area contributed by atoms with Crippen LogP contribution < -0.4 is 5.32 Å². The van der Waals surface area contributed by atoms with Crippen molar-refractivity contribution in [3.8, 4) is 0 Å².